The summed E-state index contributed by atoms with van der Waals surface area (Å²) >= 11 is 0. The predicted molar refractivity (Wildman–Crippen MR) is 41.7 cm³/mol. The van der Waals surface area contributed by atoms with Gasteiger partial charge in [0.05, 0.1) is 11.9 Å². The quantitative estimate of drug-likeness (QED) is 0.567. The SMILES string of the molecule is C=CC(C)(C)n1ccnc1. The van der Waals surface area contributed by atoms with Crippen LogP contribution in [0.3, 0.4) is 0 Å². The van der Waals surface area contributed by atoms with Crippen molar-refractivity contribution in [3.8, 4) is 0 Å². The molecule has 0 fully saturated rings. The van der Waals surface area contributed by atoms with Crippen molar-refractivity contribution in [1.29, 1.82) is 0 Å². The monoisotopic (exact) mass is 136 g/mol. The van der Waals surface area contributed by atoms with Crippen LogP contribution in [0.5, 0.6) is 0 Å². The van der Waals surface area contributed by atoms with Gasteiger partial charge in [0, 0.05) is 12.4 Å². The summed E-state index contributed by atoms with van der Waals surface area (Å²) in [7, 11) is 0. The maximum Gasteiger partial charge on any atom is 0.0953 e. The van der Waals surface area contributed by atoms with Crippen LogP contribution in [-0.4, -0.2) is 9.55 Å². The summed E-state index contributed by atoms with van der Waals surface area (Å²) in [6, 6.07) is 0. The van der Waals surface area contributed by atoms with Crippen molar-refractivity contribution in [2.24, 2.45) is 0 Å². The first kappa shape index (κ1) is 7.06. The fourth-order valence-electron chi connectivity index (χ4n) is 0.705. The Morgan fingerprint density at radius 1 is 1.60 bits per heavy atom. The molecule has 0 radical (unpaired) electrons. The molecule has 0 spiro atoms. The van der Waals surface area contributed by atoms with Gasteiger partial charge < -0.3 is 4.57 Å². The first-order chi connectivity index (χ1) is 4.67. The van der Waals surface area contributed by atoms with Gasteiger partial charge in [-0.2, -0.15) is 0 Å². The molecule has 0 aromatic carbocycles. The smallest absolute Gasteiger partial charge is 0.0953 e. The summed E-state index contributed by atoms with van der Waals surface area (Å²) in [6.07, 6.45) is 7.39. The van der Waals surface area contributed by atoms with E-state index in [9.17, 15) is 0 Å². The van der Waals surface area contributed by atoms with E-state index in [1.54, 1.807) is 12.5 Å². The van der Waals surface area contributed by atoms with Gasteiger partial charge in [0.1, 0.15) is 0 Å². The first-order valence-electron chi connectivity index (χ1n) is 3.29. The van der Waals surface area contributed by atoms with Crippen LogP contribution in [0.25, 0.3) is 0 Å². The molecule has 0 N–H and O–H groups in total. The van der Waals surface area contributed by atoms with Crippen LogP contribution in [0.2, 0.25) is 0 Å². The lowest BCUT2D eigenvalue weighted by atomic mass is 10.1. The molecule has 0 aliphatic carbocycles. The van der Waals surface area contributed by atoms with Crippen LogP contribution in [0.15, 0.2) is 31.4 Å². The summed E-state index contributed by atoms with van der Waals surface area (Å²) in [5, 5.41) is 0. The zero-order valence-electron chi connectivity index (χ0n) is 6.41. The second kappa shape index (κ2) is 2.29. The molecule has 1 rings (SSSR count). The highest BCUT2D eigenvalue weighted by Crippen LogP contribution is 2.14. The molecular weight excluding hydrogens is 124 g/mol. The van der Waals surface area contributed by atoms with Crippen molar-refractivity contribution in [3.63, 3.8) is 0 Å². The Labute approximate surface area is 61.2 Å². The maximum absolute atomic E-state index is 3.95. The number of allylic oxidation sites excluding steroid dienone is 1. The predicted octanol–water partition coefficient (Wildman–Crippen LogP) is 1.80. The molecule has 2 nitrogen and oxygen atoms in total. The highest BCUT2D eigenvalue weighted by molar-refractivity contribution is 4.96. The zero-order valence-corrected chi connectivity index (χ0v) is 6.41. The van der Waals surface area contributed by atoms with Crippen LogP contribution < -0.4 is 0 Å². The highest BCUT2D eigenvalue weighted by atomic mass is 15.1. The number of aromatic nitrogens is 2. The molecule has 1 aromatic heterocycles. The summed E-state index contributed by atoms with van der Waals surface area (Å²) in [6.45, 7) is 7.91. The topological polar surface area (TPSA) is 17.8 Å². The Morgan fingerprint density at radius 3 is 2.70 bits per heavy atom. The molecular formula is C8H12N2. The van der Waals surface area contributed by atoms with Crippen LogP contribution in [0.4, 0.5) is 0 Å². The highest BCUT2D eigenvalue weighted by Gasteiger charge is 2.12. The molecule has 2 heteroatoms. The summed E-state index contributed by atoms with van der Waals surface area (Å²) < 4.78 is 2.01. The van der Waals surface area contributed by atoms with E-state index < -0.39 is 0 Å². The van der Waals surface area contributed by atoms with Crippen molar-refractivity contribution in [3.05, 3.63) is 31.4 Å². The van der Waals surface area contributed by atoms with E-state index in [0.29, 0.717) is 0 Å². The number of imidazole rings is 1. The van der Waals surface area contributed by atoms with E-state index in [-0.39, 0.29) is 5.54 Å². The van der Waals surface area contributed by atoms with E-state index in [4.69, 9.17) is 0 Å². The number of nitrogens with zero attached hydrogens (tertiary/aromatic N) is 2. The van der Waals surface area contributed by atoms with Crippen LogP contribution in [0.1, 0.15) is 13.8 Å². The average Bonchev–Trinajstić information content (AvgIpc) is 2.38. The van der Waals surface area contributed by atoms with Gasteiger partial charge in [-0.3, -0.25) is 0 Å². The second-order valence-corrected chi connectivity index (χ2v) is 2.83. The fourth-order valence-corrected chi connectivity index (χ4v) is 0.705. The standard InChI is InChI=1S/C8H12N2/c1-4-8(2,3)10-6-5-9-7-10/h4-7H,1H2,2-3H3. The Bertz CT molecular complexity index is 209. The van der Waals surface area contributed by atoms with Crippen LogP contribution >= 0.6 is 0 Å². The van der Waals surface area contributed by atoms with Gasteiger partial charge in [-0.15, -0.1) is 6.58 Å². The molecule has 0 bridgehead atoms. The molecule has 10 heavy (non-hydrogen) atoms. The van der Waals surface area contributed by atoms with Gasteiger partial charge in [0.15, 0.2) is 0 Å². The van der Waals surface area contributed by atoms with Crippen molar-refractivity contribution in [2.75, 3.05) is 0 Å². The van der Waals surface area contributed by atoms with E-state index in [0.717, 1.165) is 0 Å². The summed E-state index contributed by atoms with van der Waals surface area (Å²) in [4.78, 5) is 3.95. The molecule has 0 aliphatic heterocycles. The Balaban J connectivity index is 2.95. The first-order valence-corrected chi connectivity index (χ1v) is 3.29. The van der Waals surface area contributed by atoms with Crippen molar-refractivity contribution in [1.82, 2.24) is 9.55 Å². The Kier molecular flexibility index (Phi) is 1.62. The van der Waals surface area contributed by atoms with Crippen LogP contribution in [0, 0.1) is 0 Å². The Hall–Kier alpha value is -1.05. The molecule has 0 aliphatic rings. The minimum absolute atomic E-state index is 0.0174. The summed E-state index contributed by atoms with van der Waals surface area (Å²) in [5.41, 5.74) is -0.0174. The third-order valence-corrected chi connectivity index (χ3v) is 1.67. The molecule has 0 amide bonds. The molecule has 0 unspecified atom stereocenters. The van der Waals surface area contributed by atoms with Crippen molar-refractivity contribution >= 4 is 0 Å². The molecule has 0 saturated heterocycles. The summed E-state index contributed by atoms with van der Waals surface area (Å²) in [5.74, 6) is 0. The molecule has 1 aromatic rings. The second-order valence-electron chi connectivity index (χ2n) is 2.83. The van der Waals surface area contributed by atoms with Gasteiger partial charge in [-0.05, 0) is 13.8 Å². The van der Waals surface area contributed by atoms with Crippen molar-refractivity contribution in [2.45, 2.75) is 19.4 Å². The number of rotatable bonds is 2. The third-order valence-electron chi connectivity index (χ3n) is 1.67. The van der Waals surface area contributed by atoms with Crippen LogP contribution in [-0.2, 0) is 5.54 Å². The van der Waals surface area contributed by atoms with E-state index in [2.05, 4.69) is 25.4 Å². The minimum atomic E-state index is -0.0174. The van der Waals surface area contributed by atoms with Crippen molar-refractivity contribution < 1.29 is 0 Å². The van der Waals surface area contributed by atoms with Gasteiger partial charge in [-0.25, -0.2) is 4.98 Å². The van der Waals surface area contributed by atoms with Gasteiger partial charge in [0.2, 0.25) is 0 Å². The lowest BCUT2D eigenvalue weighted by Crippen LogP contribution is -2.21. The van der Waals surface area contributed by atoms with Gasteiger partial charge >= 0.3 is 0 Å². The van der Waals surface area contributed by atoms with E-state index in [1.165, 1.54) is 0 Å². The third kappa shape index (κ3) is 1.10. The number of hydrogen-bond donors (Lipinski definition) is 0. The van der Waals surface area contributed by atoms with E-state index >= 15 is 0 Å². The maximum atomic E-state index is 3.95. The average molecular weight is 136 g/mol. The Morgan fingerprint density at radius 2 is 2.30 bits per heavy atom. The molecule has 54 valence electrons. The molecule has 0 atom stereocenters. The fraction of sp³-hybridized carbons (Fsp3) is 0.375. The largest absolute Gasteiger partial charge is 0.328 e. The molecule has 0 saturated carbocycles. The lowest BCUT2D eigenvalue weighted by molar-refractivity contribution is 0.455. The normalized spacial score (nSPS) is 11.4. The molecule has 1 heterocycles. The zero-order chi connectivity index (χ0) is 7.61. The van der Waals surface area contributed by atoms with Gasteiger partial charge in [-0.1, -0.05) is 6.08 Å². The van der Waals surface area contributed by atoms with Gasteiger partial charge in [0.25, 0.3) is 0 Å². The number of hydrogen-bond acceptors (Lipinski definition) is 1. The minimum Gasteiger partial charge on any atom is -0.328 e. The van der Waals surface area contributed by atoms with E-state index in [1.807, 2.05) is 16.8 Å². The lowest BCUT2D eigenvalue weighted by Gasteiger charge is -2.21.